The first-order valence-electron chi connectivity index (χ1n) is 9.82. The molecule has 0 aromatic heterocycles. The molecule has 158 valence electrons. The fourth-order valence-corrected chi connectivity index (χ4v) is 6.71. The number of allylic oxidation sites excluding steroid dienone is 2. The number of amides is 1. The molecule has 1 amide bonds. The Morgan fingerprint density at radius 1 is 1.23 bits per heavy atom. The van der Waals surface area contributed by atoms with Crippen LogP contribution in [0.15, 0.2) is 53.4 Å². The van der Waals surface area contributed by atoms with Crippen molar-refractivity contribution in [3.63, 3.8) is 0 Å². The number of rotatable bonds is 3. The largest absolute Gasteiger partial charge is 0.444 e. The van der Waals surface area contributed by atoms with Crippen LogP contribution in [0.3, 0.4) is 0 Å². The second-order valence-electron chi connectivity index (χ2n) is 7.58. The van der Waals surface area contributed by atoms with Crippen molar-refractivity contribution < 1.29 is 17.9 Å². The number of cyclic esters (lactones) is 1. The average Bonchev–Trinajstić information content (AvgIpc) is 3.23. The normalized spacial score (nSPS) is 22.1. The van der Waals surface area contributed by atoms with Crippen LogP contribution in [-0.4, -0.2) is 42.3 Å². The smallest absolute Gasteiger partial charge is 0.414 e. The molecule has 4 aliphatic heterocycles. The highest BCUT2D eigenvalue weighted by Gasteiger charge is 2.40. The summed E-state index contributed by atoms with van der Waals surface area (Å²) in [7, 11) is -3.63. The van der Waals surface area contributed by atoms with Crippen LogP contribution in [-0.2, 0) is 21.4 Å². The van der Waals surface area contributed by atoms with E-state index in [-0.39, 0.29) is 18.7 Å². The van der Waals surface area contributed by atoms with Crippen LogP contribution < -0.4 is 9.62 Å². The molecular formula is C20H22N4O4S2. The average molecular weight is 447 g/mol. The lowest BCUT2D eigenvalue weighted by atomic mass is 10.00. The molecule has 0 aliphatic carbocycles. The molecule has 0 spiro atoms. The number of para-hydroxylation sites is 1. The molecule has 0 saturated carbocycles. The van der Waals surface area contributed by atoms with E-state index in [4.69, 9.17) is 4.74 Å². The number of anilines is 1. The van der Waals surface area contributed by atoms with Gasteiger partial charge in [-0.1, -0.05) is 18.2 Å². The van der Waals surface area contributed by atoms with Gasteiger partial charge in [0, 0.05) is 37.1 Å². The SMILES string of the molecule is Cc1cccc2c1N(C1CCN(S(=O)(=O)C3=CC=CN4SNC=C34)CC1)C(=O)OC2. The first-order valence-corrected chi connectivity index (χ1v) is 12.0. The van der Waals surface area contributed by atoms with Crippen molar-refractivity contribution in [3.05, 3.63) is 64.5 Å². The molecule has 0 radical (unpaired) electrons. The molecule has 10 heteroatoms. The third-order valence-corrected chi connectivity index (χ3v) is 8.51. The van der Waals surface area contributed by atoms with Gasteiger partial charge in [-0.15, -0.1) is 0 Å². The minimum absolute atomic E-state index is 0.0938. The first kappa shape index (κ1) is 19.5. The number of hydrogen-bond acceptors (Lipinski definition) is 7. The Balaban J connectivity index is 1.36. The maximum absolute atomic E-state index is 13.3. The first-order chi connectivity index (χ1) is 14.5. The molecule has 1 aromatic carbocycles. The Hall–Kier alpha value is -2.43. The second-order valence-corrected chi connectivity index (χ2v) is 10.3. The quantitative estimate of drug-likeness (QED) is 0.715. The highest BCUT2D eigenvalue weighted by Crippen LogP contribution is 2.37. The monoisotopic (exact) mass is 446 g/mol. The van der Waals surface area contributed by atoms with Crippen LogP contribution in [0.2, 0.25) is 0 Å². The third-order valence-electron chi connectivity index (χ3n) is 5.82. The Kier molecular flexibility index (Phi) is 4.79. The predicted octanol–water partition coefficient (Wildman–Crippen LogP) is 2.97. The van der Waals surface area contributed by atoms with Gasteiger partial charge < -0.3 is 9.46 Å². The highest BCUT2D eigenvalue weighted by atomic mass is 32.2. The summed E-state index contributed by atoms with van der Waals surface area (Å²) in [6, 6.07) is 5.82. The summed E-state index contributed by atoms with van der Waals surface area (Å²) in [5, 5.41) is 0. The van der Waals surface area contributed by atoms with Gasteiger partial charge in [-0.3, -0.25) is 9.21 Å². The zero-order valence-electron chi connectivity index (χ0n) is 16.4. The van der Waals surface area contributed by atoms with Crippen LogP contribution in [0.25, 0.3) is 0 Å². The molecule has 4 heterocycles. The number of hydrogen-bond donors (Lipinski definition) is 1. The summed E-state index contributed by atoms with van der Waals surface area (Å²) in [4.78, 5) is 14.6. The molecule has 4 aliphatic rings. The minimum atomic E-state index is -3.63. The van der Waals surface area contributed by atoms with E-state index in [0.29, 0.717) is 36.5 Å². The number of ether oxygens (including phenoxy) is 1. The number of carbonyl (C=O) groups is 1. The van der Waals surface area contributed by atoms with Crippen molar-refractivity contribution in [2.45, 2.75) is 32.4 Å². The lowest BCUT2D eigenvalue weighted by molar-refractivity contribution is 0.135. The standard InChI is InChI=1S/C20H22N4O4S2/c1-14-4-2-5-15-13-28-20(25)24(19(14)15)16-7-10-22(11-8-16)30(26,27)18-6-3-9-23-17(18)12-21-29-23/h2-6,9,12,16,21H,7-8,10-11,13H2,1H3. The van der Waals surface area contributed by atoms with E-state index in [1.165, 1.54) is 16.4 Å². The molecule has 1 N–H and O–H groups in total. The molecule has 1 fully saturated rings. The van der Waals surface area contributed by atoms with Crippen molar-refractivity contribution in [1.82, 2.24) is 13.3 Å². The number of aryl methyl sites for hydroxylation is 1. The topological polar surface area (TPSA) is 82.2 Å². The lowest BCUT2D eigenvalue weighted by Gasteiger charge is -2.40. The molecule has 5 rings (SSSR count). The van der Waals surface area contributed by atoms with Gasteiger partial charge in [-0.05, 0) is 37.5 Å². The van der Waals surface area contributed by atoms with Crippen molar-refractivity contribution in [2.24, 2.45) is 0 Å². The molecule has 0 atom stereocenters. The van der Waals surface area contributed by atoms with E-state index >= 15 is 0 Å². The van der Waals surface area contributed by atoms with Crippen molar-refractivity contribution in [3.8, 4) is 0 Å². The van der Waals surface area contributed by atoms with Gasteiger partial charge in [-0.2, -0.15) is 4.31 Å². The molecule has 0 bridgehead atoms. The van der Waals surface area contributed by atoms with Gasteiger partial charge in [0.1, 0.15) is 11.5 Å². The van der Waals surface area contributed by atoms with Crippen molar-refractivity contribution in [2.75, 3.05) is 18.0 Å². The molecule has 8 nitrogen and oxygen atoms in total. The molecule has 30 heavy (non-hydrogen) atoms. The van der Waals surface area contributed by atoms with Gasteiger partial charge >= 0.3 is 6.09 Å². The van der Waals surface area contributed by atoms with Crippen LogP contribution in [0.5, 0.6) is 0 Å². The number of nitrogens with zero attached hydrogens (tertiary/aromatic N) is 3. The predicted molar refractivity (Wildman–Crippen MR) is 115 cm³/mol. The van der Waals surface area contributed by atoms with E-state index in [1.807, 2.05) is 31.3 Å². The van der Waals surface area contributed by atoms with Crippen LogP contribution in [0, 0.1) is 6.92 Å². The van der Waals surface area contributed by atoms with E-state index in [9.17, 15) is 13.2 Å². The van der Waals surface area contributed by atoms with Crippen molar-refractivity contribution >= 4 is 33.9 Å². The zero-order valence-corrected chi connectivity index (χ0v) is 18.1. The molecule has 1 aromatic rings. The Morgan fingerprint density at radius 3 is 2.83 bits per heavy atom. The summed E-state index contributed by atoms with van der Waals surface area (Å²) in [5.74, 6) is 0. The van der Waals surface area contributed by atoms with Crippen LogP contribution in [0.1, 0.15) is 24.0 Å². The fourth-order valence-electron chi connectivity index (χ4n) is 4.35. The minimum Gasteiger partial charge on any atom is -0.444 e. The van der Waals surface area contributed by atoms with Gasteiger partial charge in [0.05, 0.1) is 23.5 Å². The highest BCUT2D eigenvalue weighted by molar-refractivity contribution is 7.96. The Bertz CT molecular complexity index is 1090. The number of carbonyl (C=O) groups excluding carboxylic acids is 1. The van der Waals surface area contributed by atoms with Gasteiger partial charge in [0.25, 0.3) is 0 Å². The van der Waals surface area contributed by atoms with Crippen LogP contribution in [0.4, 0.5) is 10.5 Å². The maximum Gasteiger partial charge on any atom is 0.414 e. The Labute approximate surface area is 180 Å². The summed E-state index contributed by atoms with van der Waals surface area (Å²) >= 11 is 1.33. The molecular weight excluding hydrogens is 424 g/mol. The van der Waals surface area contributed by atoms with Crippen molar-refractivity contribution in [1.29, 1.82) is 0 Å². The summed E-state index contributed by atoms with van der Waals surface area (Å²) in [5.41, 5.74) is 3.55. The van der Waals surface area contributed by atoms with E-state index in [2.05, 4.69) is 4.72 Å². The summed E-state index contributed by atoms with van der Waals surface area (Å²) in [6.45, 7) is 2.97. The molecule has 1 saturated heterocycles. The number of sulfonamides is 1. The maximum atomic E-state index is 13.3. The van der Waals surface area contributed by atoms with Crippen LogP contribution >= 0.6 is 12.1 Å². The zero-order chi connectivity index (χ0) is 20.9. The lowest BCUT2D eigenvalue weighted by Crippen LogP contribution is -2.51. The fraction of sp³-hybridized carbons (Fsp3) is 0.350. The summed E-state index contributed by atoms with van der Waals surface area (Å²) in [6.07, 6.45) is 7.66. The number of fused-ring (bicyclic) bond motifs is 2. The van der Waals surface area contributed by atoms with E-state index < -0.39 is 10.0 Å². The number of nitrogens with one attached hydrogen (secondary N) is 1. The van der Waals surface area contributed by atoms with Gasteiger partial charge in [0.15, 0.2) is 0 Å². The second kappa shape index (κ2) is 7.36. The van der Waals surface area contributed by atoms with E-state index in [1.54, 1.807) is 27.6 Å². The number of piperidine rings is 1. The van der Waals surface area contributed by atoms with Gasteiger partial charge in [0.2, 0.25) is 10.0 Å². The molecule has 0 unspecified atom stereocenters. The van der Waals surface area contributed by atoms with Gasteiger partial charge in [-0.25, -0.2) is 13.2 Å². The Morgan fingerprint density at radius 2 is 2.03 bits per heavy atom. The van der Waals surface area contributed by atoms with E-state index in [0.717, 1.165) is 16.8 Å². The third kappa shape index (κ3) is 3.10. The summed E-state index contributed by atoms with van der Waals surface area (Å²) < 4.78 is 38.3. The number of benzene rings is 1.